The molecule has 0 unspecified atom stereocenters. The van der Waals surface area contributed by atoms with Gasteiger partial charge in [-0.25, -0.2) is 4.39 Å². The summed E-state index contributed by atoms with van der Waals surface area (Å²) in [7, 11) is 0. The SMILES string of the molecule is Cc1ccc(N)cc1SCCC(=O)Nc1cccc(F)c1. The molecule has 0 aliphatic rings. The van der Waals surface area contributed by atoms with Gasteiger partial charge < -0.3 is 11.1 Å². The summed E-state index contributed by atoms with van der Waals surface area (Å²) in [5, 5.41) is 2.68. The van der Waals surface area contributed by atoms with Crippen LogP contribution >= 0.6 is 11.8 Å². The van der Waals surface area contributed by atoms with E-state index in [9.17, 15) is 9.18 Å². The minimum atomic E-state index is -0.363. The third-order valence-electron chi connectivity index (χ3n) is 2.91. The van der Waals surface area contributed by atoms with Gasteiger partial charge in [-0.2, -0.15) is 0 Å². The topological polar surface area (TPSA) is 55.1 Å². The highest BCUT2D eigenvalue weighted by atomic mass is 32.2. The maximum Gasteiger partial charge on any atom is 0.225 e. The van der Waals surface area contributed by atoms with Crippen LogP contribution < -0.4 is 11.1 Å². The lowest BCUT2D eigenvalue weighted by Gasteiger charge is -2.07. The Morgan fingerprint density at radius 3 is 2.86 bits per heavy atom. The number of hydrogen-bond donors (Lipinski definition) is 2. The first-order valence-corrected chi connectivity index (χ1v) is 7.57. The van der Waals surface area contributed by atoms with E-state index < -0.39 is 0 Å². The van der Waals surface area contributed by atoms with Crippen molar-refractivity contribution in [3.8, 4) is 0 Å². The minimum absolute atomic E-state index is 0.130. The van der Waals surface area contributed by atoms with E-state index in [-0.39, 0.29) is 11.7 Å². The number of halogens is 1. The van der Waals surface area contributed by atoms with Gasteiger partial charge in [0.15, 0.2) is 0 Å². The van der Waals surface area contributed by atoms with Crippen molar-refractivity contribution in [2.24, 2.45) is 0 Å². The zero-order valence-electron chi connectivity index (χ0n) is 11.7. The van der Waals surface area contributed by atoms with Crippen LogP contribution in [-0.2, 0) is 4.79 Å². The lowest BCUT2D eigenvalue weighted by atomic mass is 10.2. The largest absolute Gasteiger partial charge is 0.399 e. The Balaban J connectivity index is 1.83. The summed E-state index contributed by atoms with van der Waals surface area (Å²) in [6, 6.07) is 11.6. The summed E-state index contributed by atoms with van der Waals surface area (Å²) in [6.45, 7) is 2.01. The van der Waals surface area contributed by atoms with Crippen molar-refractivity contribution in [2.45, 2.75) is 18.2 Å². The van der Waals surface area contributed by atoms with Gasteiger partial charge in [-0.15, -0.1) is 11.8 Å². The second-order valence-corrected chi connectivity index (χ2v) is 5.82. The molecule has 110 valence electrons. The molecule has 0 atom stereocenters. The van der Waals surface area contributed by atoms with Crippen LogP contribution in [-0.4, -0.2) is 11.7 Å². The molecule has 0 fully saturated rings. The fourth-order valence-corrected chi connectivity index (χ4v) is 2.84. The summed E-state index contributed by atoms with van der Waals surface area (Å²) < 4.78 is 13.0. The molecule has 2 rings (SSSR count). The van der Waals surface area contributed by atoms with Crippen LogP contribution in [0.15, 0.2) is 47.4 Å². The lowest BCUT2D eigenvalue weighted by molar-refractivity contribution is -0.115. The number of nitrogen functional groups attached to an aromatic ring is 1. The van der Waals surface area contributed by atoms with E-state index >= 15 is 0 Å². The fraction of sp³-hybridized carbons (Fsp3) is 0.188. The van der Waals surface area contributed by atoms with Crippen LogP contribution in [0.25, 0.3) is 0 Å². The normalized spacial score (nSPS) is 10.4. The Bertz CT molecular complexity index is 646. The molecule has 0 heterocycles. The average Bonchev–Trinajstić information content (AvgIpc) is 2.42. The minimum Gasteiger partial charge on any atom is -0.399 e. The predicted octanol–water partition coefficient (Wildman–Crippen LogP) is 3.84. The maximum absolute atomic E-state index is 13.0. The van der Waals surface area contributed by atoms with E-state index in [2.05, 4.69) is 5.32 Å². The fourth-order valence-electron chi connectivity index (χ4n) is 1.82. The first kappa shape index (κ1) is 15.4. The van der Waals surface area contributed by atoms with Crippen molar-refractivity contribution < 1.29 is 9.18 Å². The summed E-state index contributed by atoms with van der Waals surface area (Å²) in [4.78, 5) is 12.9. The number of amides is 1. The van der Waals surface area contributed by atoms with Crippen molar-refractivity contribution >= 4 is 29.0 Å². The molecule has 21 heavy (non-hydrogen) atoms. The summed E-state index contributed by atoms with van der Waals surface area (Å²) in [5.74, 6) is 0.151. The molecule has 3 N–H and O–H groups in total. The van der Waals surface area contributed by atoms with E-state index in [4.69, 9.17) is 5.73 Å². The molecule has 0 saturated heterocycles. The molecule has 0 aliphatic heterocycles. The Hall–Kier alpha value is -2.01. The van der Waals surface area contributed by atoms with Crippen molar-refractivity contribution in [1.82, 2.24) is 0 Å². The van der Waals surface area contributed by atoms with Crippen molar-refractivity contribution in [2.75, 3.05) is 16.8 Å². The second kappa shape index (κ2) is 7.13. The van der Waals surface area contributed by atoms with Crippen LogP contribution in [0.5, 0.6) is 0 Å². The van der Waals surface area contributed by atoms with Gasteiger partial charge in [-0.05, 0) is 42.8 Å². The number of anilines is 2. The van der Waals surface area contributed by atoms with E-state index in [1.807, 2.05) is 25.1 Å². The number of nitrogens with one attached hydrogen (secondary N) is 1. The molecule has 0 saturated carbocycles. The van der Waals surface area contributed by atoms with Crippen LogP contribution in [0.2, 0.25) is 0 Å². The zero-order valence-corrected chi connectivity index (χ0v) is 12.5. The molecule has 0 radical (unpaired) electrons. The number of aryl methyl sites for hydroxylation is 1. The second-order valence-electron chi connectivity index (χ2n) is 4.68. The Morgan fingerprint density at radius 2 is 2.10 bits per heavy atom. The number of thioether (sulfide) groups is 1. The van der Waals surface area contributed by atoms with Gasteiger partial charge in [0, 0.05) is 28.4 Å². The van der Waals surface area contributed by atoms with Gasteiger partial charge in [0.1, 0.15) is 5.82 Å². The van der Waals surface area contributed by atoms with Gasteiger partial charge >= 0.3 is 0 Å². The number of hydrogen-bond acceptors (Lipinski definition) is 3. The first-order chi connectivity index (χ1) is 10.0. The highest BCUT2D eigenvalue weighted by Crippen LogP contribution is 2.25. The van der Waals surface area contributed by atoms with E-state index in [0.717, 1.165) is 10.5 Å². The highest BCUT2D eigenvalue weighted by Gasteiger charge is 2.05. The van der Waals surface area contributed by atoms with Crippen LogP contribution in [0, 0.1) is 12.7 Å². The molecule has 2 aromatic rings. The monoisotopic (exact) mass is 304 g/mol. The van der Waals surface area contributed by atoms with E-state index in [0.29, 0.717) is 23.5 Å². The number of nitrogens with two attached hydrogens (primary N) is 1. The van der Waals surface area contributed by atoms with Crippen LogP contribution in [0.1, 0.15) is 12.0 Å². The molecule has 0 aliphatic carbocycles. The Kier molecular flexibility index (Phi) is 5.22. The summed E-state index contributed by atoms with van der Waals surface area (Å²) >= 11 is 1.59. The van der Waals surface area contributed by atoms with Gasteiger partial charge in [0.25, 0.3) is 0 Å². The van der Waals surface area contributed by atoms with Crippen LogP contribution in [0.4, 0.5) is 15.8 Å². The molecular weight excluding hydrogens is 287 g/mol. The zero-order chi connectivity index (χ0) is 15.2. The molecule has 5 heteroatoms. The Morgan fingerprint density at radius 1 is 1.29 bits per heavy atom. The van der Waals surface area contributed by atoms with Crippen molar-refractivity contribution in [3.05, 3.63) is 53.8 Å². The van der Waals surface area contributed by atoms with Gasteiger partial charge in [0.05, 0.1) is 0 Å². The quantitative estimate of drug-likeness (QED) is 0.652. The van der Waals surface area contributed by atoms with Crippen LogP contribution in [0.3, 0.4) is 0 Å². The Labute approximate surface area is 127 Å². The lowest BCUT2D eigenvalue weighted by Crippen LogP contribution is -2.12. The molecule has 2 aromatic carbocycles. The number of carbonyl (C=O) groups excluding carboxylic acids is 1. The highest BCUT2D eigenvalue weighted by molar-refractivity contribution is 7.99. The van der Waals surface area contributed by atoms with E-state index in [1.165, 1.54) is 12.1 Å². The summed E-state index contributed by atoms with van der Waals surface area (Å²) in [5.41, 5.74) is 8.08. The van der Waals surface area contributed by atoms with Gasteiger partial charge in [-0.3, -0.25) is 4.79 Å². The third-order valence-corrected chi connectivity index (χ3v) is 4.07. The number of carbonyl (C=O) groups is 1. The smallest absolute Gasteiger partial charge is 0.225 e. The van der Waals surface area contributed by atoms with Crippen molar-refractivity contribution in [3.63, 3.8) is 0 Å². The van der Waals surface area contributed by atoms with Gasteiger partial charge in [0.2, 0.25) is 5.91 Å². The summed E-state index contributed by atoms with van der Waals surface area (Å²) in [6.07, 6.45) is 0.357. The molecule has 0 bridgehead atoms. The molecular formula is C16H17FN2OS. The van der Waals surface area contributed by atoms with Crippen molar-refractivity contribution in [1.29, 1.82) is 0 Å². The van der Waals surface area contributed by atoms with E-state index in [1.54, 1.807) is 23.9 Å². The third kappa shape index (κ3) is 4.79. The predicted molar refractivity (Wildman–Crippen MR) is 86.0 cm³/mol. The number of benzene rings is 2. The maximum atomic E-state index is 13.0. The average molecular weight is 304 g/mol. The standard InChI is InChI=1S/C16H17FN2OS/c1-11-5-6-13(18)10-15(11)21-8-7-16(20)19-14-4-2-3-12(17)9-14/h2-6,9-10H,7-8,18H2,1H3,(H,19,20). The molecule has 0 aromatic heterocycles. The molecule has 3 nitrogen and oxygen atoms in total. The molecule has 0 spiro atoms. The van der Waals surface area contributed by atoms with Gasteiger partial charge in [-0.1, -0.05) is 12.1 Å². The number of rotatable bonds is 5. The first-order valence-electron chi connectivity index (χ1n) is 6.59. The molecule has 1 amide bonds.